The van der Waals surface area contributed by atoms with E-state index in [9.17, 15) is 23.5 Å². The number of rotatable bonds is 4. The number of carbonyl (C=O) groups is 1. The van der Waals surface area contributed by atoms with Crippen molar-refractivity contribution in [3.63, 3.8) is 0 Å². The highest BCUT2D eigenvalue weighted by molar-refractivity contribution is 9.10. The van der Waals surface area contributed by atoms with Gasteiger partial charge in [-0.3, -0.25) is 4.79 Å². The van der Waals surface area contributed by atoms with Crippen LogP contribution in [0, 0.1) is 11.6 Å². The third-order valence-electron chi connectivity index (χ3n) is 4.01. The molecule has 2 aromatic carbocycles. The van der Waals surface area contributed by atoms with E-state index >= 15 is 0 Å². The standard InChI is InChI=1S/C18H11Br2F2NO3/c19-6-9-4-10-16(5-13(9)20)23(8-12(17(10)24)18(25)26)7-11-14(21)2-1-3-15(11)22/h1-5,8H,6-7H2,(H,25,26). The molecule has 3 rings (SSSR count). The first kappa shape index (κ1) is 18.7. The predicted octanol–water partition coefficient (Wildman–Crippen LogP) is 4.68. The van der Waals surface area contributed by atoms with Crippen molar-refractivity contribution >= 4 is 48.7 Å². The molecule has 0 unspecified atom stereocenters. The van der Waals surface area contributed by atoms with Crippen LogP contribution in [0.5, 0.6) is 0 Å². The molecule has 26 heavy (non-hydrogen) atoms. The van der Waals surface area contributed by atoms with Crippen LogP contribution in [-0.2, 0) is 11.9 Å². The van der Waals surface area contributed by atoms with Gasteiger partial charge in [0.15, 0.2) is 0 Å². The lowest BCUT2D eigenvalue weighted by molar-refractivity contribution is 0.0695. The van der Waals surface area contributed by atoms with Gasteiger partial charge < -0.3 is 9.67 Å². The number of pyridine rings is 1. The van der Waals surface area contributed by atoms with Gasteiger partial charge in [0.1, 0.15) is 17.2 Å². The van der Waals surface area contributed by atoms with Gasteiger partial charge in [0, 0.05) is 26.9 Å². The third kappa shape index (κ3) is 3.31. The predicted molar refractivity (Wildman–Crippen MR) is 101 cm³/mol. The molecular formula is C18H11Br2F2NO3. The lowest BCUT2D eigenvalue weighted by atomic mass is 10.1. The first-order valence-corrected chi connectivity index (χ1v) is 9.32. The molecule has 1 N–H and O–H groups in total. The van der Waals surface area contributed by atoms with E-state index in [1.807, 2.05) is 0 Å². The van der Waals surface area contributed by atoms with Crippen LogP contribution < -0.4 is 5.43 Å². The molecule has 0 aliphatic heterocycles. The number of halogens is 4. The van der Waals surface area contributed by atoms with Crippen molar-refractivity contribution in [2.45, 2.75) is 11.9 Å². The Bertz CT molecular complexity index is 1080. The van der Waals surface area contributed by atoms with Crippen molar-refractivity contribution in [2.24, 2.45) is 0 Å². The Hall–Kier alpha value is -2.06. The summed E-state index contributed by atoms with van der Waals surface area (Å²) in [6, 6.07) is 6.70. The largest absolute Gasteiger partial charge is 0.477 e. The number of alkyl halides is 1. The van der Waals surface area contributed by atoms with Crippen molar-refractivity contribution in [1.82, 2.24) is 4.57 Å². The molecule has 0 amide bonds. The Labute approximate surface area is 163 Å². The highest BCUT2D eigenvalue weighted by atomic mass is 79.9. The molecule has 4 nitrogen and oxygen atoms in total. The van der Waals surface area contributed by atoms with Crippen LogP contribution in [0.25, 0.3) is 10.9 Å². The molecule has 0 atom stereocenters. The smallest absolute Gasteiger partial charge is 0.341 e. The number of aromatic nitrogens is 1. The van der Waals surface area contributed by atoms with Crippen molar-refractivity contribution in [3.05, 3.63) is 79.5 Å². The van der Waals surface area contributed by atoms with E-state index in [0.717, 1.165) is 23.9 Å². The van der Waals surface area contributed by atoms with Gasteiger partial charge in [-0.2, -0.15) is 0 Å². The van der Waals surface area contributed by atoms with E-state index < -0.39 is 28.6 Å². The van der Waals surface area contributed by atoms with Crippen molar-refractivity contribution < 1.29 is 18.7 Å². The first-order valence-electron chi connectivity index (χ1n) is 7.41. The summed E-state index contributed by atoms with van der Waals surface area (Å²) in [6.07, 6.45) is 1.11. The van der Waals surface area contributed by atoms with Gasteiger partial charge in [-0.1, -0.05) is 37.9 Å². The van der Waals surface area contributed by atoms with Crippen LogP contribution in [0.15, 0.2) is 45.8 Å². The maximum atomic E-state index is 14.0. The SMILES string of the molecule is O=C(O)c1cn(Cc2c(F)cccc2F)c2cc(Br)c(CBr)cc2c1=O. The van der Waals surface area contributed by atoms with Gasteiger partial charge in [-0.25, -0.2) is 13.6 Å². The molecule has 1 heterocycles. The number of fused-ring (bicyclic) bond motifs is 1. The summed E-state index contributed by atoms with van der Waals surface area (Å²) in [6.45, 7) is -0.254. The lowest BCUT2D eigenvalue weighted by Crippen LogP contribution is -2.20. The fourth-order valence-corrected chi connectivity index (χ4v) is 4.01. The molecule has 0 saturated carbocycles. The number of hydrogen-bond donors (Lipinski definition) is 1. The maximum absolute atomic E-state index is 14.0. The van der Waals surface area contributed by atoms with E-state index in [4.69, 9.17) is 0 Å². The Kier molecular flexibility index (Phi) is 5.24. The van der Waals surface area contributed by atoms with Gasteiger partial charge in [0.2, 0.25) is 5.43 Å². The quantitative estimate of drug-likeness (QED) is 0.544. The summed E-state index contributed by atoms with van der Waals surface area (Å²) in [7, 11) is 0. The second-order valence-corrected chi connectivity index (χ2v) is 7.01. The number of nitrogens with zero attached hydrogens (tertiary/aromatic N) is 1. The number of carboxylic acid groups (broad SMARTS) is 1. The molecule has 0 bridgehead atoms. The normalized spacial score (nSPS) is 11.1. The zero-order chi connectivity index (χ0) is 19.0. The van der Waals surface area contributed by atoms with Crippen LogP contribution in [0.1, 0.15) is 21.5 Å². The van der Waals surface area contributed by atoms with Crippen LogP contribution >= 0.6 is 31.9 Å². The molecule has 134 valence electrons. The molecule has 1 aromatic heterocycles. The molecule has 8 heteroatoms. The summed E-state index contributed by atoms with van der Waals surface area (Å²) >= 11 is 6.69. The zero-order valence-corrected chi connectivity index (χ0v) is 16.3. The molecular weight excluding hydrogens is 476 g/mol. The topological polar surface area (TPSA) is 59.3 Å². The summed E-state index contributed by atoms with van der Waals surface area (Å²) in [5.41, 5.74) is -0.195. The number of hydrogen-bond acceptors (Lipinski definition) is 2. The van der Waals surface area contributed by atoms with Gasteiger partial charge in [0.25, 0.3) is 0 Å². The fourth-order valence-electron chi connectivity index (χ4n) is 2.70. The second-order valence-electron chi connectivity index (χ2n) is 5.60. The molecule has 0 aliphatic rings. The average Bonchev–Trinajstić information content (AvgIpc) is 2.59. The molecule has 0 radical (unpaired) electrons. The minimum atomic E-state index is -1.40. The lowest BCUT2D eigenvalue weighted by Gasteiger charge is -2.15. The molecule has 0 saturated heterocycles. The summed E-state index contributed by atoms with van der Waals surface area (Å²) in [5.74, 6) is -2.89. The Morgan fingerprint density at radius 1 is 1.19 bits per heavy atom. The molecule has 0 aliphatic carbocycles. The number of aromatic carboxylic acids is 1. The summed E-state index contributed by atoms with van der Waals surface area (Å²) in [4.78, 5) is 24.0. The van der Waals surface area contributed by atoms with Gasteiger partial charge in [-0.05, 0) is 29.8 Å². The minimum absolute atomic E-state index is 0.166. The van der Waals surface area contributed by atoms with Crippen LogP contribution in [0.3, 0.4) is 0 Å². The Morgan fingerprint density at radius 2 is 1.85 bits per heavy atom. The second kappa shape index (κ2) is 7.28. The Morgan fingerprint density at radius 3 is 2.42 bits per heavy atom. The van der Waals surface area contributed by atoms with E-state index in [0.29, 0.717) is 15.3 Å². The van der Waals surface area contributed by atoms with Gasteiger partial charge in [-0.15, -0.1) is 0 Å². The van der Waals surface area contributed by atoms with E-state index in [1.165, 1.54) is 10.6 Å². The molecule has 0 fully saturated rings. The zero-order valence-electron chi connectivity index (χ0n) is 13.1. The maximum Gasteiger partial charge on any atom is 0.341 e. The highest BCUT2D eigenvalue weighted by Crippen LogP contribution is 2.26. The molecule has 3 aromatic rings. The van der Waals surface area contributed by atoms with E-state index in [1.54, 1.807) is 12.1 Å². The average molecular weight is 487 g/mol. The van der Waals surface area contributed by atoms with Crippen LogP contribution in [0.4, 0.5) is 8.78 Å². The van der Waals surface area contributed by atoms with E-state index in [-0.39, 0.29) is 17.5 Å². The summed E-state index contributed by atoms with van der Waals surface area (Å²) in [5, 5.41) is 9.94. The fraction of sp³-hybridized carbons (Fsp3) is 0.111. The number of benzene rings is 2. The monoisotopic (exact) mass is 485 g/mol. The van der Waals surface area contributed by atoms with Gasteiger partial charge in [0.05, 0.1) is 12.1 Å². The minimum Gasteiger partial charge on any atom is -0.477 e. The van der Waals surface area contributed by atoms with Crippen LogP contribution in [0.2, 0.25) is 0 Å². The van der Waals surface area contributed by atoms with Crippen molar-refractivity contribution in [1.29, 1.82) is 0 Å². The third-order valence-corrected chi connectivity index (χ3v) is 5.36. The molecule has 0 spiro atoms. The number of carboxylic acids is 1. The van der Waals surface area contributed by atoms with Crippen molar-refractivity contribution in [2.75, 3.05) is 0 Å². The van der Waals surface area contributed by atoms with Gasteiger partial charge >= 0.3 is 5.97 Å². The highest BCUT2D eigenvalue weighted by Gasteiger charge is 2.18. The first-order chi connectivity index (χ1) is 12.3. The Balaban J connectivity index is 2.33. The van der Waals surface area contributed by atoms with E-state index in [2.05, 4.69) is 31.9 Å². The van der Waals surface area contributed by atoms with Crippen LogP contribution in [-0.4, -0.2) is 15.6 Å². The summed E-state index contributed by atoms with van der Waals surface area (Å²) < 4.78 is 30.1. The van der Waals surface area contributed by atoms with Crippen molar-refractivity contribution in [3.8, 4) is 0 Å².